The molecule has 10 heavy (non-hydrogen) atoms. The molecule has 1 rings (SSSR count). The molecule has 1 aliphatic carbocycles. The SMILES string of the molecule is ClCCCC1=CCCCC1. The monoisotopic (exact) mass is 158 g/mol. The first kappa shape index (κ1) is 8.13. The Labute approximate surface area is 68.3 Å². The molecule has 0 saturated carbocycles. The standard InChI is InChI=1S/C9H15Cl/c10-8-4-7-9-5-2-1-3-6-9/h5H,1-4,6-8H2. The minimum atomic E-state index is 0.817. The van der Waals surface area contributed by atoms with Crippen molar-refractivity contribution in [3.63, 3.8) is 0 Å². The summed E-state index contributed by atoms with van der Waals surface area (Å²) in [6.07, 6.45) is 10.2. The maximum absolute atomic E-state index is 5.59. The van der Waals surface area contributed by atoms with Crippen LogP contribution in [0.1, 0.15) is 38.5 Å². The molecular weight excluding hydrogens is 144 g/mol. The van der Waals surface area contributed by atoms with Gasteiger partial charge in [0.15, 0.2) is 0 Å². The van der Waals surface area contributed by atoms with E-state index in [1.54, 1.807) is 5.57 Å². The predicted molar refractivity (Wildman–Crippen MR) is 46.5 cm³/mol. The summed E-state index contributed by atoms with van der Waals surface area (Å²) in [6, 6.07) is 0. The van der Waals surface area contributed by atoms with Crippen LogP contribution in [0.2, 0.25) is 0 Å². The summed E-state index contributed by atoms with van der Waals surface area (Å²) < 4.78 is 0. The lowest BCUT2D eigenvalue weighted by molar-refractivity contribution is 0.670. The molecule has 0 atom stereocenters. The van der Waals surface area contributed by atoms with Crippen molar-refractivity contribution in [1.82, 2.24) is 0 Å². The van der Waals surface area contributed by atoms with Crippen LogP contribution in [0.25, 0.3) is 0 Å². The Morgan fingerprint density at radius 1 is 1.40 bits per heavy atom. The molecule has 0 nitrogen and oxygen atoms in total. The van der Waals surface area contributed by atoms with Crippen LogP contribution in [0.15, 0.2) is 11.6 Å². The van der Waals surface area contributed by atoms with Crippen molar-refractivity contribution in [2.24, 2.45) is 0 Å². The first-order valence-corrected chi connectivity index (χ1v) is 4.71. The zero-order valence-electron chi connectivity index (χ0n) is 6.41. The molecule has 0 fully saturated rings. The zero-order chi connectivity index (χ0) is 7.23. The van der Waals surface area contributed by atoms with Crippen LogP contribution >= 0.6 is 11.6 Å². The van der Waals surface area contributed by atoms with Crippen LogP contribution in [-0.4, -0.2) is 5.88 Å². The quantitative estimate of drug-likeness (QED) is 0.436. The molecule has 0 aromatic heterocycles. The van der Waals surface area contributed by atoms with Gasteiger partial charge in [-0.3, -0.25) is 0 Å². The third-order valence-corrected chi connectivity index (χ3v) is 2.28. The summed E-state index contributed by atoms with van der Waals surface area (Å²) in [6.45, 7) is 0. The molecule has 0 unspecified atom stereocenters. The zero-order valence-corrected chi connectivity index (χ0v) is 7.16. The van der Waals surface area contributed by atoms with Gasteiger partial charge in [0.1, 0.15) is 0 Å². The number of hydrogen-bond donors (Lipinski definition) is 0. The van der Waals surface area contributed by atoms with Gasteiger partial charge in [0.25, 0.3) is 0 Å². The summed E-state index contributed by atoms with van der Waals surface area (Å²) in [4.78, 5) is 0. The summed E-state index contributed by atoms with van der Waals surface area (Å²) in [5, 5.41) is 0. The highest BCUT2D eigenvalue weighted by atomic mass is 35.5. The van der Waals surface area contributed by atoms with E-state index in [-0.39, 0.29) is 0 Å². The molecule has 0 aromatic rings. The van der Waals surface area contributed by atoms with Crippen molar-refractivity contribution in [2.75, 3.05) is 5.88 Å². The van der Waals surface area contributed by atoms with Gasteiger partial charge in [0, 0.05) is 5.88 Å². The van der Waals surface area contributed by atoms with Crippen LogP contribution < -0.4 is 0 Å². The maximum Gasteiger partial charge on any atom is 0.0226 e. The number of hydrogen-bond acceptors (Lipinski definition) is 0. The van der Waals surface area contributed by atoms with Crippen LogP contribution in [0.5, 0.6) is 0 Å². The van der Waals surface area contributed by atoms with Gasteiger partial charge in [-0.15, -0.1) is 11.6 Å². The topological polar surface area (TPSA) is 0 Å². The smallest absolute Gasteiger partial charge is 0.0226 e. The van der Waals surface area contributed by atoms with Crippen molar-refractivity contribution in [2.45, 2.75) is 38.5 Å². The molecule has 0 saturated heterocycles. The molecule has 0 N–H and O–H groups in total. The van der Waals surface area contributed by atoms with E-state index < -0.39 is 0 Å². The highest BCUT2D eigenvalue weighted by molar-refractivity contribution is 6.17. The second-order valence-corrected chi connectivity index (χ2v) is 3.28. The van der Waals surface area contributed by atoms with Crippen LogP contribution in [0, 0.1) is 0 Å². The summed E-state index contributed by atoms with van der Waals surface area (Å²) in [5.74, 6) is 0.817. The van der Waals surface area contributed by atoms with Crippen LogP contribution in [-0.2, 0) is 0 Å². The fourth-order valence-electron chi connectivity index (χ4n) is 1.43. The van der Waals surface area contributed by atoms with Crippen molar-refractivity contribution in [1.29, 1.82) is 0 Å². The number of allylic oxidation sites excluding steroid dienone is 2. The van der Waals surface area contributed by atoms with Gasteiger partial charge >= 0.3 is 0 Å². The molecule has 0 aliphatic heterocycles. The number of halogens is 1. The Morgan fingerprint density at radius 3 is 2.90 bits per heavy atom. The number of rotatable bonds is 3. The fraction of sp³-hybridized carbons (Fsp3) is 0.778. The van der Waals surface area contributed by atoms with Gasteiger partial charge in [-0.2, -0.15) is 0 Å². The van der Waals surface area contributed by atoms with Crippen LogP contribution in [0.4, 0.5) is 0 Å². The highest BCUT2D eigenvalue weighted by Gasteiger charge is 2.01. The second-order valence-electron chi connectivity index (χ2n) is 2.90. The third kappa shape index (κ3) is 2.74. The molecule has 58 valence electrons. The molecule has 0 bridgehead atoms. The van der Waals surface area contributed by atoms with E-state index in [9.17, 15) is 0 Å². The van der Waals surface area contributed by atoms with E-state index in [1.807, 2.05) is 0 Å². The number of alkyl halides is 1. The first-order chi connectivity index (χ1) is 4.93. The normalized spacial score (nSPS) is 18.7. The van der Waals surface area contributed by atoms with Gasteiger partial charge in [-0.25, -0.2) is 0 Å². The largest absolute Gasteiger partial charge is 0.127 e. The lowest BCUT2D eigenvalue weighted by Gasteiger charge is -2.10. The molecule has 1 heteroatoms. The lowest BCUT2D eigenvalue weighted by Crippen LogP contribution is -1.91. The first-order valence-electron chi connectivity index (χ1n) is 4.17. The van der Waals surface area contributed by atoms with Gasteiger partial charge in [0.05, 0.1) is 0 Å². The molecule has 0 aromatic carbocycles. The highest BCUT2D eigenvalue weighted by Crippen LogP contribution is 2.21. The minimum absolute atomic E-state index is 0.817. The Bertz CT molecular complexity index is 116. The van der Waals surface area contributed by atoms with Gasteiger partial charge in [-0.05, 0) is 38.5 Å². The predicted octanol–water partition coefficient (Wildman–Crippen LogP) is 3.51. The van der Waals surface area contributed by atoms with Gasteiger partial charge in [-0.1, -0.05) is 11.6 Å². The summed E-state index contributed by atoms with van der Waals surface area (Å²) >= 11 is 5.59. The summed E-state index contributed by atoms with van der Waals surface area (Å²) in [7, 11) is 0. The van der Waals surface area contributed by atoms with Gasteiger partial charge in [0.2, 0.25) is 0 Å². The van der Waals surface area contributed by atoms with Crippen molar-refractivity contribution >= 4 is 11.6 Å². The Kier molecular flexibility index (Phi) is 3.89. The van der Waals surface area contributed by atoms with Crippen molar-refractivity contribution in [3.05, 3.63) is 11.6 Å². The Hall–Kier alpha value is 0.0300. The van der Waals surface area contributed by atoms with Gasteiger partial charge < -0.3 is 0 Å². The van der Waals surface area contributed by atoms with E-state index in [4.69, 9.17) is 11.6 Å². The average Bonchev–Trinajstić information content (AvgIpc) is 2.03. The molecule has 1 aliphatic rings. The summed E-state index contributed by atoms with van der Waals surface area (Å²) in [5.41, 5.74) is 1.65. The average molecular weight is 159 g/mol. The van der Waals surface area contributed by atoms with Crippen molar-refractivity contribution < 1.29 is 0 Å². The Balaban J connectivity index is 2.18. The second kappa shape index (κ2) is 4.79. The van der Waals surface area contributed by atoms with E-state index >= 15 is 0 Å². The molecule has 0 radical (unpaired) electrons. The fourth-order valence-corrected chi connectivity index (χ4v) is 1.56. The van der Waals surface area contributed by atoms with E-state index in [0.717, 1.165) is 12.3 Å². The maximum atomic E-state index is 5.59. The molecule has 0 amide bonds. The van der Waals surface area contributed by atoms with Crippen LogP contribution in [0.3, 0.4) is 0 Å². The third-order valence-electron chi connectivity index (χ3n) is 2.02. The van der Waals surface area contributed by atoms with E-state index in [1.165, 1.54) is 32.1 Å². The van der Waals surface area contributed by atoms with E-state index in [2.05, 4.69) is 6.08 Å². The molecule has 0 heterocycles. The molecule has 0 spiro atoms. The Morgan fingerprint density at radius 2 is 2.30 bits per heavy atom. The van der Waals surface area contributed by atoms with Crippen molar-refractivity contribution in [3.8, 4) is 0 Å². The minimum Gasteiger partial charge on any atom is -0.127 e. The lowest BCUT2D eigenvalue weighted by atomic mass is 9.96. The van der Waals surface area contributed by atoms with E-state index in [0.29, 0.717) is 0 Å². The molecular formula is C9H15Cl.